The molecule has 0 bridgehead atoms. The van der Waals surface area contributed by atoms with E-state index in [-0.39, 0.29) is 35.8 Å². The average molecular weight is 469 g/mol. The number of carbonyl (C=O) groups is 2. The van der Waals surface area contributed by atoms with Crippen molar-refractivity contribution in [3.63, 3.8) is 0 Å². The van der Waals surface area contributed by atoms with Crippen LogP contribution in [0.15, 0.2) is 46.0 Å². The van der Waals surface area contributed by atoms with Crippen molar-refractivity contribution >= 4 is 22.7 Å². The fraction of sp³-hybridized carbons (Fsp3) is 0.333. The molecule has 2 amide bonds. The van der Waals surface area contributed by atoms with E-state index in [9.17, 15) is 19.2 Å². The Labute approximate surface area is 196 Å². The van der Waals surface area contributed by atoms with Gasteiger partial charge >= 0.3 is 5.69 Å². The Hall–Kier alpha value is -4.08. The normalized spacial score (nSPS) is 10.7. The third-order valence-electron chi connectivity index (χ3n) is 5.39. The van der Waals surface area contributed by atoms with Crippen LogP contribution in [0.25, 0.3) is 10.9 Å². The van der Waals surface area contributed by atoms with Gasteiger partial charge in [0, 0.05) is 25.2 Å². The summed E-state index contributed by atoms with van der Waals surface area (Å²) in [6.45, 7) is 2.10. The summed E-state index contributed by atoms with van der Waals surface area (Å²) in [6, 6.07) is 9.60. The molecule has 1 aromatic heterocycles. The van der Waals surface area contributed by atoms with Crippen molar-refractivity contribution in [3.05, 3.63) is 68.4 Å². The van der Waals surface area contributed by atoms with Crippen molar-refractivity contribution in [3.8, 4) is 11.5 Å². The molecule has 0 aliphatic heterocycles. The van der Waals surface area contributed by atoms with Gasteiger partial charge in [-0.1, -0.05) is 19.1 Å². The molecule has 0 saturated heterocycles. The maximum absolute atomic E-state index is 13.4. The highest BCUT2D eigenvalue weighted by atomic mass is 16.5. The lowest BCUT2D eigenvalue weighted by Crippen LogP contribution is -2.43. The second-order valence-electron chi connectivity index (χ2n) is 7.61. The minimum atomic E-state index is -0.633. The van der Waals surface area contributed by atoms with Gasteiger partial charge < -0.3 is 20.1 Å². The first-order valence-electron chi connectivity index (χ1n) is 10.8. The molecule has 0 saturated carbocycles. The van der Waals surface area contributed by atoms with Crippen molar-refractivity contribution < 1.29 is 19.1 Å². The molecule has 0 spiro atoms. The zero-order valence-corrected chi connectivity index (χ0v) is 19.6. The second-order valence-corrected chi connectivity index (χ2v) is 7.61. The molecule has 3 rings (SSSR count). The highest BCUT2D eigenvalue weighted by molar-refractivity contribution is 5.94. The maximum atomic E-state index is 13.4. The molecule has 0 atom stereocenters. The van der Waals surface area contributed by atoms with Crippen LogP contribution in [0, 0.1) is 0 Å². The van der Waals surface area contributed by atoms with Gasteiger partial charge in [0.2, 0.25) is 5.91 Å². The van der Waals surface area contributed by atoms with Crippen molar-refractivity contribution in [2.75, 3.05) is 27.8 Å². The third-order valence-corrected chi connectivity index (χ3v) is 5.39. The Bertz CT molecular complexity index is 1320. The quantitative estimate of drug-likeness (QED) is 0.486. The van der Waals surface area contributed by atoms with Crippen molar-refractivity contribution in [1.29, 1.82) is 0 Å². The molecular weight excluding hydrogens is 440 g/mol. The number of hydrogen-bond donors (Lipinski definition) is 2. The number of nitrogens with zero attached hydrogens (tertiary/aromatic N) is 2. The fourth-order valence-corrected chi connectivity index (χ4v) is 3.59. The first-order valence-corrected chi connectivity index (χ1v) is 10.8. The maximum Gasteiger partial charge on any atom is 0.332 e. The lowest BCUT2D eigenvalue weighted by atomic mass is 10.1. The molecule has 0 radical (unpaired) electrons. The number of methoxy groups -OCH3 is 2. The van der Waals surface area contributed by atoms with Crippen LogP contribution in [0.3, 0.4) is 0 Å². The Morgan fingerprint density at radius 1 is 0.971 bits per heavy atom. The summed E-state index contributed by atoms with van der Waals surface area (Å²) in [5.41, 5.74) is 0.214. The van der Waals surface area contributed by atoms with Crippen LogP contribution in [0.1, 0.15) is 29.3 Å². The highest BCUT2D eigenvalue weighted by Crippen LogP contribution is 2.30. The van der Waals surface area contributed by atoms with Crippen LogP contribution >= 0.6 is 0 Å². The van der Waals surface area contributed by atoms with E-state index in [1.165, 1.54) is 38.0 Å². The summed E-state index contributed by atoms with van der Waals surface area (Å²) in [5, 5.41) is 5.50. The van der Waals surface area contributed by atoms with Crippen LogP contribution in [0.2, 0.25) is 0 Å². The number of hydrogen-bond acceptors (Lipinski definition) is 6. The smallest absolute Gasteiger partial charge is 0.332 e. The van der Waals surface area contributed by atoms with Crippen molar-refractivity contribution in [2.24, 2.45) is 0 Å². The number of fused-ring (bicyclic) bond motifs is 1. The SMILES string of the molecule is CCCNC(=O)Cn1c(=O)n(Cc2ccc(C(=O)NC)cc2)c(=O)c2cc(OC)c(OC)cc21. The van der Waals surface area contributed by atoms with Crippen LogP contribution in [0.5, 0.6) is 11.5 Å². The predicted molar refractivity (Wildman–Crippen MR) is 128 cm³/mol. The number of aromatic nitrogens is 2. The van der Waals surface area contributed by atoms with Crippen LogP contribution in [-0.2, 0) is 17.9 Å². The molecule has 0 aliphatic carbocycles. The van der Waals surface area contributed by atoms with Gasteiger partial charge in [0.25, 0.3) is 11.5 Å². The standard InChI is InChI=1S/C24H28N4O6/c1-5-10-26-21(29)14-27-18-12-20(34-4)19(33-3)11-17(18)23(31)28(24(27)32)13-15-6-8-16(9-7-15)22(30)25-2/h6-9,11-12H,5,10,13-14H2,1-4H3,(H,25,30)(H,26,29). The fourth-order valence-electron chi connectivity index (χ4n) is 3.59. The predicted octanol–water partition coefficient (Wildman–Crippen LogP) is 1.11. The van der Waals surface area contributed by atoms with Gasteiger partial charge in [0.05, 0.1) is 31.7 Å². The Balaban J connectivity index is 2.17. The van der Waals surface area contributed by atoms with Gasteiger partial charge in [-0.05, 0) is 30.2 Å². The second kappa shape index (κ2) is 10.7. The summed E-state index contributed by atoms with van der Waals surface area (Å²) in [6.07, 6.45) is 0.748. The van der Waals surface area contributed by atoms with E-state index in [4.69, 9.17) is 9.47 Å². The van der Waals surface area contributed by atoms with Crippen LogP contribution < -0.4 is 31.4 Å². The van der Waals surface area contributed by atoms with Gasteiger partial charge in [-0.3, -0.25) is 23.5 Å². The van der Waals surface area contributed by atoms with Gasteiger partial charge in [-0.25, -0.2) is 4.79 Å². The Morgan fingerprint density at radius 3 is 2.21 bits per heavy atom. The Kier molecular flexibility index (Phi) is 7.72. The topological polar surface area (TPSA) is 121 Å². The van der Waals surface area contributed by atoms with Gasteiger partial charge in [0.15, 0.2) is 11.5 Å². The molecule has 2 aromatic carbocycles. The van der Waals surface area contributed by atoms with E-state index in [0.717, 1.165) is 11.0 Å². The minimum Gasteiger partial charge on any atom is -0.493 e. The minimum absolute atomic E-state index is 0.0352. The van der Waals surface area contributed by atoms with E-state index in [0.29, 0.717) is 29.2 Å². The number of carbonyl (C=O) groups excluding carboxylic acids is 2. The van der Waals surface area contributed by atoms with Gasteiger partial charge in [0.1, 0.15) is 6.54 Å². The van der Waals surface area contributed by atoms with E-state index in [2.05, 4.69) is 10.6 Å². The molecule has 10 heteroatoms. The van der Waals surface area contributed by atoms with E-state index >= 15 is 0 Å². The first-order chi connectivity index (χ1) is 16.3. The van der Waals surface area contributed by atoms with E-state index in [1.807, 2.05) is 6.92 Å². The summed E-state index contributed by atoms with van der Waals surface area (Å²) >= 11 is 0. The third kappa shape index (κ3) is 4.95. The molecule has 3 aromatic rings. The summed E-state index contributed by atoms with van der Waals surface area (Å²) in [4.78, 5) is 51.0. The average Bonchev–Trinajstić information content (AvgIpc) is 2.86. The molecule has 0 fully saturated rings. The summed E-state index contributed by atoms with van der Waals surface area (Å²) < 4.78 is 13.0. The molecule has 0 aliphatic rings. The van der Waals surface area contributed by atoms with Gasteiger partial charge in [-0.15, -0.1) is 0 Å². The molecule has 180 valence electrons. The number of rotatable bonds is 9. The monoisotopic (exact) mass is 468 g/mol. The molecule has 1 heterocycles. The van der Waals surface area contributed by atoms with Crippen LogP contribution in [0.4, 0.5) is 0 Å². The number of ether oxygens (including phenoxy) is 2. The number of benzene rings is 2. The first kappa shape index (κ1) is 24.6. The summed E-state index contributed by atoms with van der Waals surface area (Å²) in [5.74, 6) is 0.0735. The largest absolute Gasteiger partial charge is 0.493 e. The zero-order chi connectivity index (χ0) is 24.8. The lowest BCUT2D eigenvalue weighted by molar-refractivity contribution is -0.121. The zero-order valence-electron chi connectivity index (χ0n) is 19.6. The van der Waals surface area contributed by atoms with E-state index in [1.54, 1.807) is 24.3 Å². The van der Waals surface area contributed by atoms with Crippen molar-refractivity contribution in [1.82, 2.24) is 19.8 Å². The van der Waals surface area contributed by atoms with Crippen molar-refractivity contribution in [2.45, 2.75) is 26.4 Å². The molecule has 0 unspecified atom stereocenters. The summed E-state index contributed by atoms with van der Waals surface area (Å²) in [7, 11) is 4.43. The molecule has 10 nitrogen and oxygen atoms in total. The number of nitrogens with one attached hydrogen (secondary N) is 2. The number of amides is 2. The Morgan fingerprint density at radius 2 is 1.62 bits per heavy atom. The molecular formula is C24H28N4O6. The van der Waals surface area contributed by atoms with Crippen LogP contribution in [-0.4, -0.2) is 48.8 Å². The molecule has 34 heavy (non-hydrogen) atoms. The highest BCUT2D eigenvalue weighted by Gasteiger charge is 2.19. The lowest BCUT2D eigenvalue weighted by Gasteiger charge is -2.16. The van der Waals surface area contributed by atoms with Gasteiger partial charge in [-0.2, -0.15) is 0 Å². The molecule has 2 N–H and O–H groups in total. The van der Waals surface area contributed by atoms with E-state index < -0.39 is 11.2 Å².